The number of amides is 1. The highest BCUT2D eigenvalue weighted by molar-refractivity contribution is 6.33. The summed E-state index contributed by atoms with van der Waals surface area (Å²) < 4.78 is 5.29. The Morgan fingerprint density at radius 1 is 1.18 bits per heavy atom. The number of pyridine rings is 1. The van der Waals surface area contributed by atoms with Crippen molar-refractivity contribution in [3.05, 3.63) is 77.7 Å². The van der Waals surface area contributed by atoms with Crippen molar-refractivity contribution in [2.45, 2.75) is 19.1 Å². The molecule has 34 heavy (non-hydrogen) atoms. The molecule has 0 aliphatic carbocycles. The zero-order valence-electron chi connectivity index (χ0n) is 18.9. The van der Waals surface area contributed by atoms with Gasteiger partial charge in [-0.05, 0) is 55.6 Å². The molecule has 2 aromatic heterocycles. The number of halogens is 1. The van der Waals surface area contributed by atoms with Gasteiger partial charge in [0, 0.05) is 36.0 Å². The Hall–Kier alpha value is -3.68. The minimum Gasteiger partial charge on any atom is -0.488 e. The highest BCUT2D eigenvalue weighted by atomic mass is 35.5. The molecule has 7 nitrogen and oxygen atoms in total. The van der Waals surface area contributed by atoms with Crippen LogP contribution in [0.2, 0.25) is 5.02 Å². The largest absolute Gasteiger partial charge is 0.488 e. The summed E-state index contributed by atoms with van der Waals surface area (Å²) in [7, 11) is 4.11. The summed E-state index contributed by atoms with van der Waals surface area (Å²) in [6.45, 7) is 0.895. The number of ether oxygens (including phenoxy) is 1. The lowest BCUT2D eigenvalue weighted by Gasteiger charge is -2.12. The molecule has 5 rings (SSSR count). The van der Waals surface area contributed by atoms with E-state index in [1.807, 2.05) is 18.3 Å². The van der Waals surface area contributed by atoms with Crippen molar-refractivity contribution in [1.82, 2.24) is 19.9 Å². The molecule has 0 saturated heterocycles. The number of rotatable bonds is 6. The van der Waals surface area contributed by atoms with Crippen molar-refractivity contribution in [3.63, 3.8) is 0 Å². The highest BCUT2D eigenvalue weighted by Crippen LogP contribution is 2.31. The normalized spacial score (nSPS) is 15.1. The number of aromatic amines is 1. The molecule has 2 aromatic carbocycles. The van der Waals surface area contributed by atoms with Crippen LogP contribution >= 0.6 is 11.6 Å². The van der Waals surface area contributed by atoms with Crippen molar-refractivity contribution >= 4 is 34.4 Å². The van der Waals surface area contributed by atoms with Gasteiger partial charge in [-0.3, -0.25) is 4.79 Å². The molecule has 0 radical (unpaired) electrons. The van der Waals surface area contributed by atoms with E-state index in [9.17, 15) is 4.79 Å². The molecule has 4 aromatic rings. The van der Waals surface area contributed by atoms with E-state index in [2.05, 4.69) is 63.5 Å². The first kappa shape index (κ1) is 22.1. The van der Waals surface area contributed by atoms with E-state index >= 15 is 0 Å². The maximum absolute atomic E-state index is 12.4. The van der Waals surface area contributed by atoms with E-state index in [0.29, 0.717) is 34.2 Å². The fourth-order valence-corrected chi connectivity index (χ4v) is 4.12. The van der Waals surface area contributed by atoms with Gasteiger partial charge in [-0.15, -0.1) is 0 Å². The lowest BCUT2D eigenvalue weighted by Crippen LogP contribution is -2.26. The monoisotopic (exact) mass is 473 g/mol. The molecule has 0 spiro atoms. The van der Waals surface area contributed by atoms with E-state index in [1.165, 1.54) is 5.56 Å². The quantitative estimate of drug-likeness (QED) is 0.399. The number of benzene rings is 2. The van der Waals surface area contributed by atoms with Crippen molar-refractivity contribution in [2.75, 3.05) is 19.4 Å². The maximum atomic E-state index is 12.4. The number of aromatic nitrogens is 3. The first-order valence-electron chi connectivity index (χ1n) is 11.0. The Bertz CT molecular complexity index is 1370. The summed E-state index contributed by atoms with van der Waals surface area (Å²) in [4.78, 5) is 27.0. The molecular weight excluding hydrogens is 450 g/mol. The van der Waals surface area contributed by atoms with Crippen LogP contribution in [0.4, 0.5) is 5.69 Å². The van der Waals surface area contributed by atoms with Crippen LogP contribution in [0, 0.1) is 0 Å². The van der Waals surface area contributed by atoms with Crippen LogP contribution in [0.3, 0.4) is 0 Å². The molecule has 0 fully saturated rings. The zero-order valence-corrected chi connectivity index (χ0v) is 19.6. The topological polar surface area (TPSA) is 83.1 Å². The molecule has 1 aliphatic heterocycles. The second-order valence-electron chi connectivity index (χ2n) is 8.53. The average Bonchev–Trinajstić information content (AvgIpc) is 3.50. The maximum Gasteiger partial charge on any atom is 0.265 e. The minimum atomic E-state index is -0.509. The number of hydrogen-bond acceptors (Lipinski definition) is 5. The molecular formula is C26H24ClN5O2. The number of carbonyl (C=O) groups is 1. The minimum absolute atomic E-state index is 0.203. The molecule has 8 heteroatoms. The fourth-order valence-electron chi connectivity index (χ4n) is 3.91. The predicted octanol–water partition coefficient (Wildman–Crippen LogP) is 5.25. The van der Waals surface area contributed by atoms with Gasteiger partial charge in [-0.25, -0.2) is 9.97 Å². The number of nitrogens with zero attached hydrogens (tertiary/aromatic N) is 3. The lowest BCUT2D eigenvalue weighted by molar-refractivity contribution is -0.123. The second kappa shape index (κ2) is 9.29. The van der Waals surface area contributed by atoms with Gasteiger partial charge in [-0.2, -0.15) is 0 Å². The molecule has 0 bridgehead atoms. The van der Waals surface area contributed by atoms with Gasteiger partial charge in [0.25, 0.3) is 5.91 Å². The molecule has 2 N–H and O–H groups in total. The van der Waals surface area contributed by atoms with Crippen molar-refractivity contribution < 1.29 is 9.53 Å². The number of H-pyrrole nitrogens is 1. The first-order chi connectivity index (χ1) is 16.5. The Kier molecular flexibility index (Phi) is 6.04. The average molecular weight is 474 g/mol. The van der Waals surface area contributed by atoms with Gasteiger partial charge in [0.05, 0.1) is 16.8 Å². The molecule has 1 atom stereocenters. The van der Waals surface area contributed by atoms with E-state index in [1.54, 1.807) is 24.5 Å². The third kappa shape index (κ3) is 4.66. The van der Waals surface area contributed by atoms with Crippen molar-refractivity contribution in [2.24, 2.45) is 0 Å². The first-order valence-corrected chi connectivity index (χ1v) is 11.3. The van der Waals surface area contributed by atoms with Gasteiger partial charge in [0.1, 0.15) is 5.82 Å². The third-order valence-electron chi connectivity index (χ3n) is 5.59. The van der Waals surface area contributed by atoms with Crippen LogP contribution < -0.4 is 5.32 Å². The van der Waals surface area contributed by atoms with Gasteiger partial charge in [-0.1, -0.05) is 35.9 Å². The molecule has 1 aliphatic rings. The summed E-state index contributed by atoms with van der Waals surface area (Å²) >= 11 is 6.47. The van der Waals surface area contributed by atoms with Crippen LogP contribution in [0.15, 0.2) is 67.1 Å². The number of carbonyl (C=O) groups excluding carboxylic acids is 1. The number of anilines is 1. The van der Waals surface area contributed by atoms with E-state index in [0.717, 1.165) is 23.2 Å². The van der Waals surface area contributed by atoms with E-state index in [-0.39, 0.29) is 5.91 Å². The van der Waals surface area contributed by atoms with Crippen LogP contribution in [-0.2, 0) is 16.1 Å². The Labute approximate surface area is 202 Å². The molecule has 1 unspecified atom stereocenters. The summed E-state index contributed by atoms with van der Waals surface area (Å²) in [5.74, 6) is 0.381. The third-order valence-corrected chi connectivity index (χ3v) is 5.92. The van der Waals surface area contributed by atoms with Crippen LogP contribution in [0.1, 0.15) is 12.0 Å². The highest BCUT2D eigenvalue weighted by Gasteiger charge is 2.21. The second-order valence-corrected chi connectivity index (χ2v) is 8.94. The molecule has 0 saturated carbocycles. The number of fused-ring (bicyclic) bond motifs is 1. The van der Waals surface area contributed by atoms with Crippen molar-refractivity contribution in [3.8, 4) is 22.5 Å². The zero-order chi connectivity index (χ0) is 23.7. The smallest absolute Gasteiger partial charge is 0.265 e. The summed E-state index contributed by atoms with van der Waals surface area (Å²) in [5.41, 5.74) is 6.03. The predicted molar refractivity (Wildman–Crippen MR) is 134 cm³/mol. The standard InChI is InChI=1S/C26H24ClN5O2/c1-32(2)15-16-5-7-17(8-6-16)18-12-22-25(28-14-18)31-24(30-22)20-13-19(9-10-21(20)27)29-26(33)23-4-3-11-34-23/h3,5-14,23H,4,15H2,1-2H3,(H,29,33)(H,28,30,31). The SMILES string of the molecule is CN(C)Cc1ccc(-c2cnc3nc(-c4cc(NC(=O)C5CC=CO5)ccc4Cl)[nH]c3c2)cc1. The van der Waals surface area contributed by atoms with Crippen LogP contribution in [-0.4, -0.2) is 46.0 Å². The fraction of sp³-hybridized carbons (Fsp3) is 0.192. The van der Waals surface area contributed by atoms with Crippen LogP contribution in [0.25, 0.3) is 33.7 Å². The van der Waals surface area contributed by atoms with E-state index in [4.69, 9.17) is 16.3 Å². The number of hydrogen-bond donors (Lipinski definition) is 2. The van der Waals surface area contributed by atoms with Crippen LogP contribution in [0.5, 0.6) is 0 Å². The lowest BCUT2D eigenvalue weighted by atomic mass is 10.1. The number of nitrogens with one attached hydrogen (secondary N) is 2. The van der Waals surface area contributed by atoms with Gasteiger partial charge in [0.15, 0.2) is 11.8 Å². The van der Waals surface area contributed by atoms with Gasteiger partial charge >= 0.3 is 0 Å². The molecule has 172 valence electrons. The Morgan fingerprint density at radius 2 is 2.00 bits per heavy atom. The van der Waals surface area contributed by atoms with E-state index < -0.39 is 6.10 Å². The summed E-state index contributed by atoms with van der Waals surface area (Å²) in [6.07, 6.45) is 5.24. The molecule has 1 amide bonds. The van der Waals surface area contributed by atoms with Gasteiger partial charge in [0.2, 0.25) is 0 Å². The summed E-state index contributed by atoms with van der Waals surface area (Å²) in [6, 6.07) is 15.8. The van der Waals surface area contributed by atoms with Gasteiger partial charge < -0.3 is 19.9 Å². The Morgan fingerprint density at radius 3 is 2.74 bits per heavy atom. The van der Waals surface area contributed by atoms with Crippen molar-refractivity contribution in [1.29, 1.82) is 0 Å². The molecule has 3 heterocycles. The summed E-state index contributed by atoms with van der Waals surface area (Å²) in [5, 5.41) is 3.40. The Balaban J connectivity index is 1.40. The number of imidazole rings is 1.